The maximum absolute atomic E-state index is 9.84. The minimum atomic E-state index is -0.942. The number of hydrogen-bond donors (Lipinski definition) is 1. The first-order chi connectivity index (χ1) is 7.48. The van der Waals surface area contributed by atoms with Crippen molar-refractivity contribution in [3.8, 4) is 0 Å². The molecule has 1 unspecified atom stereocenters. The number of aliphatic hydroxyl groups excluding tert-OH is 1. The fourth-order valence-electron chi connectivity index (χ4n) is 2.45. The summed E-state index contributed by atoms with van der Waals surface area (Å²) in [5.74, 6) is -0.695. The minimum Gasteiger partial charge on any atom is -0.376 e. The van der Waals surface area contributed by atoms with Gasteiger partial charge in [-0.3, -0.25) is 0 Å². The number of fused-ring (bicyclic) bond motifs is 1. The molecule has 94 valence electrons. The molecule has 2 aliphatic rings. The van der Waals surface area contributed by atoms with Crippen molar-refractivity contribution in [2.75, 3.05) is 7.11 Å². The summed E-state index contributed by atoms with van der Waals surface area (Å²) >= 11 is 0. The average molecular weight is 232 g/mol. The molecule has 0 bridgehead atoms. The third kappa shape index (κ3) is 1.98. The first kappa shape index (κ1) is 12.3. The summed E-state index contributed by atoms with van der Waals surface area (Å²) in [4.78, 5) is 0. The van der Waals surface area contributed by atoms with Crippen LogP contribution in [0.4, 0.5) is 0 Å². The molecule has 1 N–H and O–H groups in total. The number of rotatable bonds is 2. The van der Waals surface area contributed by atoms with Gasteiger partial charge in [0.05, 0.1) is 6.10 Å². The molecule has 0 amide bonds. The Morgan fingerprint density at radius 1 is 1.25 bits per heavy atom. The standard InChI is InChI=1S/C11H20O5/c1-5-6-7(13-4)8-9(10(12)14-6)16-11(2,3)15-8/h6-10,12H,5H2,1-4H3/t6-,7-,8+,9+,10?/m0/s1. The molecule has 16 heavy (non-hydrogen) atoms. The molecule has 5 nitrogen and oxygen atoms in total. The molecule has 0 radical (unpaired) electrons. The van der Waals surface area contributed by atoms with Crippen LogP contribution in [0.1, 0.15) is 27.2 Å². The molecule has 0 aliphatic carbocycles. The first-order valence-corrected chi connectivity index (χ1v) is 5.70. The highest BCUT2D eigenvalue weighted by atomic mass is 16.8. The van der Waals surface area contributed by atoms with E-state index in [-0.39, 0.29) is 18.3 Å². The van der Waals surface area contributed by atoms with Crippen molar-refractivity contribution in [3.05, 3.63) is 0 Å². The van der Waals surface area contributed by atoms with Crippen LogP contribution in [-0.2, 0) is 18.9 Å². The van der Waals surface area contributed by atoms with E-state index in [1.54, 1.807) is 7.11 Å². The van der Waals surface area contributed by atoms with Gasteiger partial charge in [0, 0.05) is 7.11 Å². The van der Waals surface area contributed by atoms with Gasteiger partial charge in [-0.15, -0.1) is 0 Å². The Morgan fingerprint density at radius 3 is 2.44 bits per heavy atom. The average Bonchev–Trinajstić information content (AvgIpc) is 2.54. The van der Waals surface area contributed by atoms with Crippen LogP contribution in [0.3, 0.4) is 0 Å². The molecule has 2 saturated heterocycles. The van der Waals surface area contributed by atoms with Crippen molar-refractivity contribution < 1.29 is 24.1 Å². The summed E-state index contributed by atoms with van der Waals surface area (Å²) in [5.41, 5.74) is 0. The van der Waals surface area contributed by atoms with E-state index >= 15 is 0 Å². The summed E-state index contributed by atoms with van der Waals surface area (Å²) in [6.45, 7) is 5.64. The third-order valence-electron chi connectivity index (χ3n) is 3.12. The van der Waals surface area contributed by atoms with Crippen LogP contribution in [0, 0.1) is 0 Å². The Hall–Kier alpha value is -0.200. The highest BCUT2D eigenvalue weighted by Gasteiger charge is 2.54. The van der Waals surface area contributed by atoms with Crippen molar-refractivity contribution in [2.24, 2.45) is 0 Å². The molecule has 2 rings (SSSR count). The topological polar surface area (TPSA) is 57.2 Å². The van der Waals surface area contributed by atoms with Gasteiger partial charge in [0.1, 0.15) is 18.3 Å². The molecule has 0 aromatic heterocycles. The van der Waals surface area contributed by atoms with Crippen molar-refractivity contribution in [1.82, 2.24) is 0 Å². The lowest BCUT2D eigenvalue weighted by Gasteiger charge is -2.39. The van der Waals surface area contributed by atoms with E-state index < -0.39 is 18.2 Å². The van der Waals surface area contributed by atoms with Crippen LogP contribution < -0.4 is 0 Å². The van der Waals surface area contributed by atoms with Crippen LogP contribution >= 0.6 is 0 Å². The number of ether oxygens (including phenoxy) is 4. The first-order valence-electron chi connectivity index (χ1n) is 5.70. The molecule has 0 spiro atoms. The molecule has 0 saturated carbocycles. The van der Waals surface area contributed by atoms with Gasteiger partial charge in [-0.1, -0.05) is 6.92 Å². The zero-order chi connectivity index (χ0) is 11.9. The molecular formula is C11H20O5. The lowest BCUT2D eigenvalue weighted by Crippen LogP contribution is -2.56. The molecule has 0 aromatic carbocycles. The normalized spacial score (nSPS) is 46.7. The summed E-state index contributed by atoms with van der Waals surface area (Å²) in [6.07, 6.45) is -1.26. The second kappa shape index (κ2) is 4.23. The predicted octanol–water partition coefficient (Wildman–Crippen LogP) is 0.649. The second-order valence-electron chi connectivity index (χ2n) is 4.74. The lowest BCUT2D eigenvalue weighted by molar-refractivity contribution is -0.261. The second-order valence-corrected chi connectivity index (χ2v) is 4.74. The van der Waals surface area contributed by atoms with Gasteiger partial charge in [0.2, 0.25) is 0 Å². The van der Waals surface area contributed by atoms with Gasteiger partial charge in [0.15, 0.2) is 12.1 Å². The Bertz CT molecular complexity index is 255. The molecule has 5 heteroatoms. The number of aliphatic hydroxyl groups is 1. The van der Waals surface area contributed by atoms with E-state index in [9.17, 15) is 5.11 Å². The van der Waals surface area contributed by atoms with E-state index in [4.69, 9.17) is 18.9 Å². The molecule has 5 atom stereocenters. The molecule has 0 aromatic rings. The van der Waals surface area contributed by atoms with E-state index in [1.165, 1.54) is 0 Å². The SMILES string of the molecule is CC[C@@H]1OC(O)[C@@H]2OC(C)(C)O[C@@H]2[C@H]1OC. The van der Waals surface area contributed by atoms with E-state index in [0.717, 1.165) is 6.42 Å². The van der Waals surface area contributed by atoms with Gasteiger partial charge in [-0.2, -0.15) is 0 Å². The van der Waals surface area contributed by atoms with Gasteiger partial charge < -0.3 is 24.1 Å². The fourth-order valence-corrected chi connectivity index (χ4v) is 2.45. The number of methoxy groups -OCH3 is 1. The summed E-state index contributed by atoms with van der Waals surface area (Å²) in [6, 6.07) is 0. The Balaban J connectivity index is 2.19. The Labute approximate surface area is 95.6 Å². The molecule has 2 heterocycles. The largest absolute Gasteiger partial charge is 0.376 e. The van der Waals surface area contributed by atoms with Crippen LogP contribution in [0.25, 0.3) is 0 Å². The maximum Gasteiger partial charge on any atom is 0.184 e. The highest BCUT2D eigenvalue weighted by Crippen LogP contribution is 2.38. The predicted molar refractivity (Wildman–Crippen MR) is 55.8 cm³/mol. The Morgan fingerprint density at radius 2 is 1.88 bits per heavy atom. The number of hydrogen-bond acceptors (Lipinski definition) is 5. The van der Waals surface area contributed by atoms with Crippen molar-refractivity contribution >= 4 is 0 Å². The lowest BCUT2D eigenvalue weighted by atomic mass is 9.97. The van der Waals surface area contributed by atoms with Crippen LogP contribution in [0.5, 0.6) is 0 Å². The van der Waals surface area contributed by atoms with Crippen LogP contribution in [0.2, 0.25) is 0 Å². The molecule has 2 aliphatic heterocycles. The van der Waals surface area contributed by atoms with E-state index in [1.807, 2.05) is 20.8 Å². The summed E-state index contributed by atoms with van der Waals surface area (Å²) in [5, 5.41) is 9.84. The van der Waals surface area contributed by atoms with E-state index in [0.29, 0.717) is 0 Å². The monoisotopic (exact) mass is 232 g/mol. The van der Waals surface area contributed by atoms with Crippen molar-refractivity contribution in [2.45, 2.75) is 63.7 Å². The smallest absolute Gasteiger partial charge is 0.184 e. The molecular weight excluding hydrogens is 212 g/mol. The Kier molecular flexibility index (Phi) is 3.25. The van der Waals surface area contributed by atoms with Gasteiger partial charge >= 0.3 is 0 Å². The van der Waals surface area contributed by atoms with Crippen LogP contribution in [0.15, 0.2) is 0 Å². The maximum atomic E-state index is 9.84. The van der Waals surface area contributed by atoms with Gasteiger partial charge in [0.25, 0.3) is 0 Å². The van der Waals surface area contributed by atoms with Gasteiger partial charge in [-0.25, -0.2) is 0 Å². The van der Waals surface area contributed by atoms with Crippen molar-refractivity contribution in [1.29, 1.82) is 0 Å². The molecule has 2 fully saturated rings. The third-order valence-corrected chi connectivity index (χ3v) is 3.12. The minimum absolute atomic E-state index is 0.154. The van der Waals surface area contributed by atoms with Crippen LogP contribution in [-0.4, -0.2) is 48.7 Å². The highest BCUT2D eigenvalue weighted by molar-refractivity contribution is 4.96. The van der Waals surface area contributed by atoms with Gasteiger partial charge in [-0.05, 0) is 20.3 Å². The van der Waals surface area contributed by atoms with Crippen molar-refractivity contribution in [3.63, 3.8) is 0 Å². The summed E-state index contributed by atoms with van der Waals surface area (Å²) < 4.78 is 22.3. The van der Waals surface area contributed by atoms with E-state index in [2.05, 4.69) is 0 Å². The quantitative estimate of drug-likeness (QED) is 0.757. The zero-order valence-electron chi connectivity index (χ0n) is 10.2. The fraction of sp³-hybridized carbons (Fsp3) is 1.00. The zero-order valence-corrected chi connectivity index (χ0v) is 10.2. The summed E-state index contributed by atoms with van der Waals surface area (Å²) in [7, 11) is 1.63.